The van der Waals surface area contributed by atoms with Gasteiger partial charge in [-0.05, 0) is 18.1 Å². The van der Waals surface area contributed by atoms with E-state index >= 15 is 0 Å². The maximum absolute atomic E-state index is 11.2. The predicted octanol–water partition coefficient (Wildman–Crippen LogP) is 2.14. The summed E-state index contributed by atoms with van der Waals surface area (Å²) in [6.45, 7) is 4.84. The normalized spacial score (nSPS) is 18.2. The van der Waals surface area contributed by atoms with Crippen molar-refractivity contribution in [1.82, 2.24) is 0 Å². The Kier molecular flexibility index (Phi) is 2.81. The maximum atomic E-state index is 11.2. The summed E-state index contributed by atoms with van der Waals surface area (Å²) in [6.07, 6.45) is 0. The molecule has 4 nitrogen and oxygen atoms in total. The second-order valence-corrected chi connectivity index (χ2v) is 4.80. The Bertz CT molecular complexity index is 393. The molecule has 2 rings (SSSR count). The zero-order valence-electron chi connectivity index (χ0n) is 8.74. The largest absolute Gasteiger partial charge is 0.491 e. The smallest absolute Gasteiger partial charge is 0.220 e. The minimum absolute atomic E-state index is 0.473. The van der Waals surface area contributed by atoms with E-state index in [2.05, 4.69) is 23.3 Å². The molecule has 0 bridgehead atoms. The highest BCUT2D eigenvalue weighted by Crippen LogP contribution is 2.37. The van der Waals surface area contributed by atoms with Gasteiger partial charge in [0, 0.05) is 0 Å². The van der Waals surface area contributed by atoms with Crippen molar-refractivity contribution >= 4 is 22.5 Å². The molecule has 82 valence electrons. The van der Waals surface area contributed by atoms with Gasteiger partial charge in [0.25, 0.3) is 0 Å². The lowest BCUT2D eigenvalue weighted by molar-refractivity contribution is 0.272. The fraction of sp³-hybridized carbons (Fsp3) is 0.400. The number of fused-ring (bicyclic) bond motifs is 1. The lowest BCUT2D eigenvalue weighted by Crippen LogP contribution is -2.06. The van der Waals surface area contributed by atoms with Crippen molar-refractivity contribution in [2.24, 2.45) is 5.92 Å². The molecule has 0 saturated heterocycles. The Labute approximate surface area is 91.7 Å². The Morgan fingerprint density at radius 3 is 2.93 bits per heavy atom. The molecule has 0 fully saturated rings. The quantitative estimate of drug-likeness (QED) is 0.829. The molecule has 0 aromatic heterocycles. The maximum Gasteiger partial charge on any atom is 0.220 e. The van der Waals surface area contributed by atoms with E-state index in [0.717, 1.165) is 17.1 Å². The molecule has 0 saturated carbocycles. The van der Waals surface area contributed by atoms with Gasteiger partial charge >= 0.3 is 0 Å². The molecule has 0 spiro atoms. The van der Waals surface area contributed by atoms with Crippen molar-refractivity contribution in [1.29, 1.82) is 0 Å². The lowest BCUT2D eigenvalue weighted by atomic mass is 10.2. The van der Waals surface area contributed by atoms with Crippen molar-refractivity contribution in [3.05, 3.63) is 18.2 Å². The van der Waals surface area contributed by atoms with Gasteiger partial charge < -0.3 is 4.74 Å². The average molecular weight is 226 g/mol. The highest BCUT2D eigenvalue weighted by Gasteiger charge is 2.19. The van der Waals surface area contributed by atoms with Gasteiger partial charge in [-0.2, -0.15) is 0 Å². The van der Waals surface area contributed by atoms with Crippen LogP contribution >= 0.6 is 0 Å². The van der Waals surface area contributed by atoms with Crippen LogP contribution in [0.25, 0.3) is 0 Å². The van der Waals surface area contributed by atoms with Crippen LogP contribution in [0, 0.1) is 5.92 Å². The Morgan fingerprint density at radius 1 is 1.40 bits per heavy atom. The molecular formula is C10H14N2O2S. The minimum atomic E-state index is -1.22. The van der Waals surface area contributed by atoms with E-state index in [1.165, 1.54) is 0 Å². The third kappa shape index (κ3) is 2.23. The summed E-state index contributed by atoms with van der Waals surface area (Å²) < 4.78 is 22.5. The van der Waals surface area contributed by atoms with Crippen LogP contribution in [0.3, 0.4) is 0 Å². The molecule has 1 aromatic carbocycles. The second kappa shape index (κ2) is 4.10. The number of anilines is 2. The Morgan fingerprint density at radius 2 is 2.20 bits per heavy atom. The fourth-order valence-electron chi connectivity index (χ4n) is 1.32. The van der Waals surface area contributed by atoms with Gasteiger partial charge in [-0.15, -0.1) is 0 Å². The third-order valence-electron chi connectivity index (χ3n) is 2.00. The first-order valence-corrected chi connectivity index (χ1v) is 6.02. The van der Waals surface area contributed by atoms with Gasteiger partial charge in [-0.3, -0.25) is 9.44 Å². The highest BCUT2D eigenvalue weighted by atomic mass is 32.2. The van der Waals surface area contributed by atoms with E-state index in [0.29, 0.717) is 12.5 Å². The molecule has 1 aliphatic heterocycles. The molecule has 0 amide bonds. The first-order valence-electron chi connectivity index (χ1n) is 4.87. The fourth-order valence-corrected chi connectivity index (χ4v) is 2.13. The predicted molar refractivity (Wildman–Crippen MR) is 62.2 cm³/mol. The molecule has 5 heteroatoms. The van der Waals surface area contributed by atoms with Crippen molar-refractivity contribution in [3.63, 3.8) is 0 Å². The van der Waals surface area contributed by atoms with Gasteiger partial charge in [0.15, 0.2) is 0 Å². The van der Waals surface area contributed by atoms with Gasteiger partial charge in [0.1, 0.15) is 11.4 Å². The SMILES string of the molecule is CC(C)COc1cccc2c1NS(=O)N2. The lowest BCUT2D eigenvalue weighted by Gasteiger charge is -2.11. The molecule has 1 atom stereocenters. The van der Waals surface area contributed by atoms with E-state index in [1.54, 1.807) is 0 Å². The number of benzene rings is 1. The Hall–Kier alpha value is -1.23. The van der Waals surface area contributed by atoms with E-state index in [4.69, 9.17) is 4.74 Å². The van der Waals surface area contributed by atoms with Crippen LogP contribution < -0.4 is 14.2 Å². The number of rotatable bonds is 3. The summed E-state index contributed by atoms with van der Waals surface area (Å²) in [7, 11) is 0. The second-order valence-electron chi connectivity index (χ2n) is 3.86. The number of hydrogen-bond donors (Lipinski definition) is 2. The van der Waals surface area contributed by atoms with Crippen LogP contribution in [0.5, 0.6) is 5.75 Å². The molecule has 0 radical (unpaired) electrons. The first kappa shape index (κ1) is 10.3. The van der Waals surface area contributed by atoms with Gasteiger partial charge in [-0.1, -0.05) is 19.9 Å². The van der Waals surface area contributed by atoms with Crippen LogP contribution in [0.15, 0.2) is 18.2 Å². The number of para-hydroxylation sites is 1. The van der Waals surface area contributed by atoms with Crippen LogP contribution in [-0.2, 0) is 11.2 Å². The molecule has 1 aliphatic rings. The summed E-state index contributed by atoms with van der Waals surface area (Å²) in [5.74, 6) is 1.22. The van der Waals surface area contributed by atoms with Crippen molar-refractivity contribution < 1.29 is 8.95 Å². The van der Waals surface area contributed by atoms with E-state index in [1.807, 2.05) is 18.2 Å². The number of ether oxygens (including phenoxy) is 1. The first-order chi connectivity index (χ1) is 7.16. The monoisotopic (exact) mass is 226 g/mol. The molecule has 1 aromatic rings. The Balaban J connectivity index is 2.19. The standard InChI is InChI=1S/C10H14N2O2S/c1-7(2)6-14-9-5-3-4-8-10(9)12-15(13)11-8/h3-5,7,11-12H,6H2,1-2H3. The summed E-state index contributed by atoms with van der Waals surface area (Å²) in [5, 5.41) is 0. The van der Waals surface area contributed by atoms with Crippen LogP contribution in [0.2, 0.25) is 0 Å². The summed E-state index contributed by atoms with van der Waals surface area (Å²) in [6, 6.07) is 5.62. The molecule has 0 aliphatic carbocycles. The minimum Gasteiger partial charge on any atom is -0.491 e. The highest BCUT2D eigenvalue weighted by molar-refractivity contribution is 7.88. The molecule has 1 unspecified atom stereocenters. The van der Waals surface area contributed by atoms with Crippen LogP contribution in [-0.4, -0.2) is 10.8 Å². The number of nitrogens with one attached hydrogen (secondary N) is 2. The molecule has 1 heterocycles. The van der Waals surface area contributed by atoms with Crippen molar-refractivity contribution in [2.75, 3.05) is 16.1 Å². The van der Waals surface area contributed by atoms with Gasteiger partial charge in [0.2, 0.25) is 11.2 Å². The van der Waals surface area contributed by atoms with Gasteiger partial charge in [-0.25, -0.2) is 4.21 Å². The topological polar surface area (TPSA) is 50.4 Å². The number of hydrogen-bond acceptors (Lipinski definition) is 2. The van der Waals surface area contributed by atoms with Crippen molar-refractivity contribution in [2.45, 2.75) is 13.8 Å². The molecular weight excluding hydrogens is 212 g/mol. The molecule has 2 N–H and O–H groups in total. The summed E-state index contributed by atoms with van der Waals surface area (Å²) in [5.41, 5.74) is 1.62. The van der Waals surface area contributed by atoms with Crippen molar-refractivity contribution in [3.8, 4) is 5.75 Å². The molecule has 15 heavy (non-hydrogen) atoms. The van der Waals surface area contributed by atoms with E-state index in [-0.39, 0.29) is 0 Å². The third-order valence-corrected chi connectivity index (χ3v) is 2.79. The average Bonchev–Trinajstić information content (AvgIpc) is 2.55. The summed E-state index contributed by atoms with van der Waals surface area (Å²) >= 11 is -1.22. The summed E-state index contributed by atoms with van der Waals surface area (Å²) in [4.78, 5) is 0. The van der Waals surface area contributed by atoms with Gasteiger partial charge in [0.05, 0.1) is 12.3 Å². The van der Waals surface area contributed by atoms with Crippen LogP contribution in [0.4, 0.5) is 11.4 Å². The zero-order chi connectivity index (χ0) is 10.8. The van der Waals surface area contributed by atoms with E-state index < -0.39 is 11.2 Å². The van der Waals surface area contributed by atoms with Crippen LogP contribution in [0.1, 0.15) is 13.8 Å². The zero-order valence-corrected chi connectivity index (χ0v) is 9.56. The van der Waals surface area contributed by atoms with E-state index in [9.17, 15) is 4.21 Å².